The normalized spacial score (nSPS) is 18.6. The molecule has 4 amide bonds. The van der Waals surface area contributed by atoms with Crippen LogP contribution in [-0.4, -0.2) is 48.9 Å². The van der Waals surface area contributed by atoms with E-state index < -0.39 is 23.8 Å². The Bertz CT molecular complexity index is 669. The number of hydrogen-bond acceptors (Lipinski definition) is 6. The predicted molar refractivity (Wildman–Crippen MR) is 87.2 cm³/mol. The van der Waals surface area contributed by atoms with Gasteiger partial charge in [0, 0.05) is 18.9 Å². The number of methoxy groups -OCH3 is 1. The van der Waals surface area contributed by atoms with E-state index in [0.29, 0.717) is 30.1 Å². The smallest absolute Gasteiger partial charge is 0.335 e. The van der Waals surface area contributed by atoms with Crippen LogP contribution in [0.25, 0.3) is 0 Å². The number of carbonyl (C=O) groups is 3. The number of hydrogen-bond donors (Lipinski definition) is 2. The van der Waals surface area contributed by atoms with E-state index in [2.05, 4.69) is 10.3 Å². The summed E-state index contributed by atoms with van der Waals surface area (Å²) in [5, 5.41) is 11.0. The van der Waals surface area contributed by atoms with Gasteiger partial charge in [-0.25, -0.2) is 9.69 Å². The van der Waals surface area contributed by atoms with Crippen LogP contribution in [0.4, 0.5) is 10.5 Å². The molecule has 0 saturated carbocycles. The van der Waals surface area contributed by atoms with Crippen LogP contribution in [0.15, 0.2) is 29.3 Å². The Hall–Kier alpha value is -2.74. The summed E-state index contributed by atoms with van der Waals surface area (Å²) in [6.07, 6.45) is 0.432. The number of barbiturate groups is 1. The van der Waals surface area contributed by atoms with Crippen LogP contribution in [0.5, 0.6) is 5.75 Å². The number of ether oxygens (including phenoxy) is 1. The van der Waals surface area contributed by atoms with Crippen LogP contribution in [0.1, 0.15) is 13.3 Å². The molecule has 1 atom stereocenters. The Morgan fingerprint density at radius 3 is 2.54 bits per heavy atom. The minimum atomic E-state index is -1.16. The van der Waals surface area contributed by atoms with Crippen LogP contribution in [0.3, 0.4) is 0 Å². The van der Waals surface area contributed by atoms with Crippen LogP contribution in [-0.2, 0) is 9.59 Å². The van der Waals surface area contributed by atoms with Gasteiger partial charge in [-0.1, -0.05) is 0 Å². The third-order valence-electron chi connectivity index (χ3n) is 3.59. The van der Waals surface area contributed by atoms with Crippen molar-refractivity contribution in [2.75, 3.05) is 25.2 Å². The lowest BCUT2D eigenvalue weighted by Gasteiger charge is -2.30. The minimum absolute atomic E-state index is 0.0297. The Kier molecular flexibility index (Phi) is 5.64. The monoisotopic (exact) mass is 333 g/mol. The number of amides is 4. The molecule has 0 radical (unpaired) electrons. The third-order valence-corrected chi connectivity index (χ3v) is 3.59. The maximum Gasteiger partial charge on any atom is 0.335 e. The van der Waals surface area contributed by atoms with E-state index in [1.165, 1.54) is 7.11 Å². The molecule has 1 fully saturated rings. The average molecular weight is 333 g/mol. The molecule has 2 N–H and O–H groups in total. The maximum atomic E-state index is 12.7. The lowest BCUT2D eigenvalue weighted by Crippen LogP contribution is -2.60. The van der Waals surface area contributed by atoms with Crippen molar-refractivity contribution in [1.29, 1.82) is 0 Å². The van der Waals surface area contributed by atoms with Crippen molar-refractivity contribution in [3.05, 3.63) is 24.3 Å². The molecule has 1 saturated heterocycles. The Balaban J connectivity index is 2.28. The zero-order chi connectivity index (χ0) is 17.7. The van der Waals surface area contributed by atoms with Gasteiger partial charge < -0.3 is 9.84 Å². The van der Waals surface area contributed by atoms with E-state index in [0.717, 1.165) is 4.90 Å². The molecule has 0 bridgehead atoms. The van der Waals surface area contributed by atoms with E-state index in [1.54, 1.807) is 31.2 Å². The first kappa shape index (κ1) is 17.6. The van der Waals surface area contributed by atoms with Crippen molar-refractivity contribution in [2.45, 2.75) is 13.3 Å². The summed E-state index contributed by atoms with van der Waals surface area (Å²) in [5.41, 5.74) is 0.635. The molecule has 24 heavy (non-hydrogen) atoms. The highest BCUT2D eigenvalue weighted by molar-refractivity contribution is 6.35. The SMILES string of the molecule is COc1ccc(N2C(=O)NC(=O)C(C(C)=NCCCO)C2=O)cc1. The maximum absolute atomic E-state index is 12.7. The molecule has 1 aliphatic rings. The van der Waals surface area contributed by atoms with Gasteiger partial charge >= 0.3 is 6.03 Å². The number of anilines is 1. The molecule has 0 spiro atoms. The number of urea groups is 1. The topological polar surface area (TPSA) is 108 Å². The van der Waals surface area contributed by atoms with Gasteiger partial charge in [-0.05, 0) is 37.6 Å². The number of nitrogens with one attached hydrogen (secondary N) is 1. The fraction of sp³-hybridized carbons (Fsp3) is 0.375. The first-order chi connectivity index (χ1) is 11.5. The summed E-state index contributed by atoms with van der Waals surface area (Å²) in [6.45, 7) is 1.83. The summed E-state index contributed by atoms with van der Waals surface area (Å²) >= 11 is 0. The zero-order valence-electron chi connectivity index (χ0n) is 13.5. The van der Waals surface area contributed by atoms with Crippen molar-refractivity contribution in [1.82, 2.24) is 5.32 Å². The number of aliphatic hydroxyl groups is 1. The molecule has 1 unspecified atom stereocenters. The molecule has 1 aromatic carbocycles. The standard InChI is InChI=1S/C16H19N3O5/c1-10(17-8-3-9-20)13-14(21)18-16(23)19(15(13)22)11-4-6-12(24-2)7-5-11/h4-7,13,20H,3,8-9H2,1-2H3,(H,18,21,23). The highest BCUT2D eigenvalue weighted by Gasteiger charge is 2.42. The second-order valence-electron chi connectivity index (χ2n) is 5.20. The van der Waals surface area contributed by atoms with Crippen LogP contribution >= 0.6 is 0 Å². The second-order valence-corrected chi connectivity index (χ2v) is 5.20. The molecule has 1 aliphatic heterocycles. The summed E-state index contributed by atoms with van der Waals surface area (Å²) in [4.78, 5) is 41.8. The number of nitrogens with zero attached hydrogens (tertiary/aromatic N) is 2. The Morgan fingerprint density at radius 1 is 1.29 bits per heavy atom. The highest BCUT2D eigenvalue weighted by atomic mass is 16.5. The minimum Gasteiger partial charge on any atom is -0.497 e. The number of rotatable bonds is 6. The van der Waals surface area contributed by atoms with Crippen LogP contribution in [0, 0.1) is 5.92 Å². The lowest BCUT2D eigenvalue weighted by molar-refractivity contribution is -0.131. The molecule has 0 aromatic heterocycles. The number of imide groups is 2. The van der Waals surface area contributed by atoms with Gasteiger partial charge in [0.25, 0.3) is 5.91 Å². The number of benzene rings is 1. The highest BCUT2D eigenvalue weighted by Crippen LogP contribution is 2.24. The number of carbonyl (C=O) groups excluding carboxylic acids is 3. The quantitative estimate of drug-likeness (QED) is 0.453. The summed E-state index contributed by atoms with van der Waals surface area (Å²) in [6, 6.07) is 5.55. The van der Waals surface area contributed by atoms with Crippen LogP contribution < -0.4 is 15.0 Å². The average Bonchev–Trinajstić information content (AvgIpc) is 2.55. The molecule has 2 rings (SSSR count). The molecule has 1 heterocycles. The first-order valence-electron chi connectivity index (χ1n) is 7.44. The van der Waals surface area contributed by atoms with Gasteiger partial charge in [0.1, 0.15) is 5.75 Å². The van der Waals surface area contributed by atoms with E-state index in [-0.39, 0.29) is 6.61 Å². The lowest BCUT2D eigenvalue weighted by atomic mass is 9.99. The van der Waals surface area contributed by atoms with Gasteiger partial charge in [-0.3, -0.25) is 19.9 Å². The first-order valence-corrected chi connectivity index (χ1v) is 7.44. The largest absolute Gasteiger partial charge is 0.497 e. The van der Waals surface area contributed by atoms with Gasteiger partial charge in [0.2, 0.25) is 5.91 Å². The molecule has 0 aliphatic carbocycles. The van der Waals surface area contributed by atoms with Crippen molar-refractivity contribution in [3.63, 3.8) is 0 Å². The van der Waals surface area contributed by atoms with Gasteiger partial charge in [0.05, 0.1) is 12.8 Å². The number of aliphatic imine (C=N–C) groups is 1. The Labute approximate surface area is 139 Å². The third kappa shape index (κ3) is 3.60. The molecule has 8 nitrogen and oxygen atoms in total. The number of aliphatic hydroxyl groups excluding tert-OH is 1. The van der Waals surface area contributed by atoms with Crippen molar-refractivity contribution >= 4 is 29.2 Å². The predicted octanol–water partition coefficient (Wildman–Crippen LogP) is 0.737. The zero-order valence-corrected chi connectivity index (χ0v) is 13.5. The molecule has 1 aromatic rings. The summed E-state index contributed by atoms with van der Waals surface area (Å²) in [7, 11) is 1.51. The molecular formula is C16H19N3O5. The fourth-order valence-corrected chi connectivity index (χ4v) is 2.34. The van der Waals surface area contributed by atoms with Crippen molar-refractivity contribution < 1.29 is 24.2 Å². The molecule has 128 valence electrons. The van der Waals surface area contributed by atoms with Gasteiger partial charge in [-0.15, -0.1) is 0 Å². The summed E-state index contributed by atoms with van der Waals surface area (Å²) < 4.78 is 5.04. The van der Waals surface area contributed by atoms with Crippen molar-refractivity contribution in [2.24, 2.45) is 10.9 Å². The second kappa shape index (κ2) is 7.69. The van der Waals surface area contributed by atoms with E-state index in [9.17, 15) is 14.4 Å². The van der Waals surface area contributed by atoms with E-state index in [1.807, 2.05) is 0 Å². The van der Waals surface area contributed by atoms with E-state index in [4.69, 9.17) is 9.84 Å². The molecular weight excluding hydrogens is 314 g/mol. The summed E-state index contributed by atoms with van der Waals surface area (Å²) in [5.74, 6) is -1.93. The molecule has 8 heteroatoms. The van der Waals surface area contributed by atoms with Gasteiger partial charge in [0.15, 0.2) is 5.92 Å². The van der Waals surface area contributed by atoms with Crippen molar-refractivity contribution in [3.8, 4) is 5.75 Å². The van der Waals surface area contributed by atoms with Crippen LogP contribution in [0.2, 0.25) is 0 Å². The van der Waals surface area contributed by atoms with Gasteiger partial charge in [-0.2, -0.15) is 0 Å². The Morgan fingerprint density at radius 2 is 1.96 bits per heavy atom. The fourth-order valence-electron chi connectivity index (χ4n) is 2.34. The van der Waals surface area contributed by atoms with E-state index >= 15 is 0 Å².